The molecule has 9 heteroatoms. The molecule has 1 N–H and O–H groups in total. The molecule has 1 fully saturated rings. The topological polar surface area (TPSA) is 66.5 Å². The van der Waals surface area contributed by atoms with E-state index in [1.165, 1.54) is 12.1 Å². The highest BCUT2D eigenvalue weighted by Crippen LogP contribution is 2.34. The van der Waals surface area contributed by atoms with Crippen molar-refractivity contribution in [3.63, 3.8) is 0 Å². The molecule has 1 saturated heterocycles. The number of nitrogens with one attached hydrogen (secondary N) is 1. The summed E-state index contributed by atoms with van der Waals surface area (Å²) in [6.45, 7) is -0.415. The van der Waals surface area contributed by atoms with E-state index in [9.17, 15) is 14.4 Å². The van der Waals surface area contributed by atoms with Crippen molar-refractivity contribution in [3.8, 4) is 0 Å². The number of carbonyl (C=O) groups is 3. The summed E-state index contributed by atoms with van der Waals surface area (Å²) in [5.41, 5.74) is 0.951. The van der Waals surface area contributed by atoms with Gasteiger partial charge in [-0.3, -0.25) is 19.3 Å². The van der Waals surface area contributed by atoms with Crippen LogP contribution in [0.15, 0.2) is 47.4 Å². The minimum absolute atomic E-state index is 0.176. The monoisotopic (exact) mass is 440 g/mol. The van der Waals surface area contributed by atoms with E-state index in [4.69, 9.17) is 34.8 Å². The Labute approximate surface area is 174 Å². The second kappa shape index (κ2) is 8.35. The number of benzene rings is 2. The maximum Gasteiger partial charge on any atom is 0.294 e. The Morgan fingerprint density at radius 3 is 2.52 bits per heavy atom. The van der Waals surface area contributed by atoms with Crippen molar-refractivity contribution >= 4 is 75.4 Å². The van der Waals surface area contributed by atoms with Gasteiger partial charge in [-0.25, -0.2) is 0 Å². The van der Waals surface area contributed by atoms with Crippen molar-refractivity contribution in [1.29, 1.82) is 0 Å². The van der Waals surface area contributed by atoms with Crippen LogP contribution in [0, 0.1) is 0 Å². The molecular formula is C18H11Cl3N2O3S. The van der Waals surface area contributed by atoms with Gasteiger partial charge in [-0.1, -0.05) is 53.0 Å². The average molecular weight is 442 g/mol. The SMILES string of the molecule is O=C(CN1C(=O)S/C(=C/c2ccc(Cl)cc2Cl)C1=O)Nc1ccccc1Cl. The number of rotatable bonds is 4. The lowest BCUT2D eigenvalue weighted by atomic mass is 10.2. The van der Waals surface area contributed by atoms with Gasteiger partial charge in [0.05, 0.1) is 15.6 Å². The number of thioether (sulfide) groups is 1. The number of hydrogen-bond acceptors (Lipinski definition) is 4. The third kappa shape index (κ3) is 4.65. The van der Waals surface area contributed by atoms with Gasteiger partial charge in [0.1, 0.15) is 6.54 Å². The fourth-order valence-electron chi connectivity index (χ4n) is 2.29. The molecule has 0 aromatic heterocycles. The molecule has 0 spiro atoms. The first-order valence-electron chi connectivity index (χ1n) is 7.60. The predicted molar refractivity (Wildman–Crippen MR) is 109 cm³/mol. The number of amides is 3. The summed E-state index contributed by atoms with van der Waals surface area (Å²) in [5, 5.41) is 3.21. The molecule has 0 saturated carbocycles. The number of carbonyl (C=O) groups excluding carboxylic acids is 3. The van der Waals surface area contributed by atoms with Crippen LogP contribution in [-0.4, -0.2) is 28.5 Å². The fourth-order valence-corrected chi connectivity index (χ4v) is 3.77. The lowest BCUT2D eigenvalue weighted by molar-refractivity contribution is -0.127. The van der Waals surface area contributed by atoms with Crippen LogP contribution in [0.1, 0.15) is 5.56 Å². The molecule has 1 heterocycles. The van der Waals surface area contributed by atoms with E-state index >= 15 is 0 Å². The second-order valence-corrected chi connectivity index (χ2v) is 7.71. The maximum absolute atomic E-state index is 12.5. The number of imide groups is 1. The molecule has 0 radical (unpaired) electrons. The Bertz CT molecular complexity index is 978. The third-order valence-corrected chi connectivity index (χ3v) is 5.37. The van der Waals surface area contributed by atoms with Crippen LogP contribution < -0.4 is 5.32 Å². The molecule has 0 unspecified atom stereocenters. The molecule has 3 rings (SSSR count). The van der Waals surface area contributed by atoms with Crippen LogP contribution in [0.25, 0.3) is 6.08 Å². The number of nitrogens with zero attached hydrogens (tertiary/aromatic N) is 1. The number of para-hydroxylation sites is 1. The Morgan fingerprint density at radius 2 is 1.81 bits per heavy atom. The van der Waals surface area contributed by atoms with Gasteiger partial charge in [-0.05, 0) is 47.7 Å². The van der Waals surface area contributed by atoms with E-state index in [0.717, 1.165) is 16.7 Å². The van der Waals surface area contributed by atoms with Gasteiger partial charge in [-0.2, -0.15) is 0 Å². The van der Waals surface area contributed by atoms with Crippen molar-refractivity contribution in [2.75, 3.05) is 11.9 Å². The van der Waals surface area contributed by atoms with Gasteiger partial charge in [0.2, 0.25) is 5.91 Å². The zero-order valence-corrected chi connectivity index (χ0v) is 16.6. The van der Waals surface area contributed by atoms with E-state index in [-0.39, 0.29) is 4.91 Å². The Balaban J connectivity index is 1.73. The van der Waals surface area contributed by atoms with E-state index in [0.29, 0.717) is 26.3 Å². The summed E-state index contributed by atoms with van der Waals surface area (Å²) >= 11 is 18.7. The Hall–Kier alpha value is -1.99. The highest BCUT2D eigenvalue weighted by molar-refractivity contribution is 8.18. The van der Waals surface area contributed by atoms with Gasteiger partial charge in [0.15, 0.2) is 0 Å². The van der Waals surface area contributed by atoms with Gasteiger partial charge in [0, 0.05) is 10.0 Å². The Morgan fingerprint density at radius 1 is 1.07 bits per heavy atom. The van der Waals surface area contributed by atoms with Gasteiger partial charge >= 0.3 is 0 Å². The van der Waals surface area contributed by atoms with Gasteiger partial charge in [-0.15, -0.1) is 0 Å². The fraction of sp³-hybridized carbons (Fsp3) is 0.0556. The van der Waals surface area contributed by atoms with E-state index < -0.39 is 23.6 Å². The molecule has 2 aromatic carbocycles. The molecule has 2 aromatic rings. The van der Waals surface area contributed by atoms with Crippen LogP contribution in [0.2, 0.25) is 15.1 Å². The van der Waals surface area contributed by atoms with Crippen molar-refractivity contribution in [2.45, 2.75) is 0 Å². The highest BCUT2D eigenvalue weighted by atomic mass is 35.5. The summed E-state index contributed by atoms with van der Waals surface area (Å²) < 4.78 is 0. The molecule has 27 heavy (non-hydrogen) atoms. The minimum Gasteiger partial charge on any atom is -0.323 e. The summed E-state index contributed by atoms with van der Waals surface area (Å²) in [7, 11) is 0. The van der Waals surface area contributed by atoms with Crippen LogP contribution in [-0.2, 0) is 9.59 Å². The summed E-state index contributed by atoms with van der Waals surface area (Å²) in [6.07, 6.45) is 1.50. The zero-order valence-electron chi connectivity index (χ0n) is 13.5. The standard InChI is InChI=1S/C18H11Cl3N2O3S/c19-11-6-5-10(13(21)8-11)7-15-17(25)23(18(26)27-15)9-16(24)22-14-4-2-1-3-12(14)20/h1-8H,9H2,(H,22,24)/b15-7+. The summed E-state index contributed by atoms with van der Waals surface area (Å²) in [4.78, 5) is 37.9. The van der Waals surface area contributed by atoms with Gasteiger partial charge in [0.25, 0.3) is 11.1 Å². The zero-order chi connectivity index (χ0) is 19.6. The molecule has 1 aliphatic rings. The van der Waals surface area contributed by atoms with Crippen molar-refractivity contribution in [3.05, 3.63) is 68.0 Å². The lowest BCUT2D eigenvalue weighted by Crippen LogP contribution is -2.36. The van der Waals surface area contributed by atoms with Gasteiger partial charge < -0.3 is 5.32 Å². The number of hydrogen-bond donors (Lipinski definition) is 1. The van der Waals surface area contributed by atoms with Crippen molar-refractivity contribution in [2.24, 2.45) is 0 Å². The minimum atomic E-state index is -0.565. The smallest absolute Gasteiger partial charge is 0.294 e. The third-order valence-electron chi connectivity index (χ3n) is 3.57. The first-order valence-corrected chi connectivity index (χ1v) is 9.55. The quantitative estimate of drug-likeness (QED) is 0.652. The molecule has 1 aliphatic heterocycles. The first-order chi connectivity index (χ1) is 12.8. The van der Waals surface area contributed by atoms with Crippen LogP contribution in [0.3, 0.4) is 0 Å². The normalized spacial score (nSPS) is 15.5. The molecule has 0 aliphatic carbocycles. The highest BCUT2D eigenvalue weighted by Gasteiger charge is 2.36. The van der Waals surface area contributed by atoms with Crippen LogP contribution in [0.5, 0.6) is 0 Å². The number of halogens is 3. The maximum atomic E-state index is 12.5. The largest absolute Gasteiger partial charge is 0.323 e. The second-order valence-electron chi connectivity index (χ2n) is 5.46. The first kappa shape index (κ1) is 19.8. The van der Waals surface area contributed by atoms with Crippen LogP contribution in [0.4, 0.5) is 10.5 Å². The molecule has 138 valence electrons. The number of anilines is 1. The van der Waals surface area contributed by atoms with Crippen molar-refractivity contribution in [1.82, 2.24) is 4.90 Å². The van der Waals surface area contributed by atoms with Crippen LogP contribution >= 0.6 is 46.6 Å². The molecule has 5 nitrogen and oxygen atoms in total. The molecule has 0 bridgehead atoms. The molecular weight excluding hydrogens is 431 g/mol. The van der Waals surface area contributed by atoms with Crippen molar-refractivity contribution < 1.29 is 14.4 Å². The molecule has 3 amide bonds. The Kier molecular flexibility index (Phi) is 6.11. The summed E-state index contributed by atoms with van der Waals surface area (Å²) in [6, 6.07) is 11.5. The van der Waals surface area contributed by atoms with E-state index in [1.807, 2.05) is 0 Å². The average Bonchev–Trinajstić information content (AvgIpc) is 2.87. The summed E-state index contributed by atoms with van der Waals surface area (Å²) in [5.74, 6) is -1.10. The lowest BCUT2D eigenvalue weighted by Gasteiger charge is -2.13. The van der Waals surface area contributed by atoms with E-state index in [1.54, 1.807) is 36.4 Å². The molecule has 0 atom stereocenters. The van der Waals surface area contributed by atoms with E-state index in [2.05, 4.69) is 5.32 Å². The predicted octanol–water partition coefficient (Wildman–Crippen LogP) is 5.32.